The minimum absolute atomic E-state index is 0.0486. The topological polar surface area (TPSA) is 71.8 Å². The lowest BCUT2D eigenvalue weighted by molar-refractivity contribution is -0.118. The van der Waals surface area contributed by atoms with E-state index in [1.807, 2.05) is 37.3 Å². The van der Waals surface area contributed by atoms with Gasteiger partial charge in [-0.15, -0.1) is 5.10 Å². The number of anilines is 1. The van der Waals surface area contributed by atoms with Crippen LogP contribution in [0.15, 0.2) is 30.3 Å². The highest BCUT2D eigenvalue weighted by atomic mass is 16.2. The Bertz CT molecular complexity index is 631. The van der Waals surface area contributed by atoms with Crippen LogP contribution in [-0.2, 0) is 11.2 Å². The molecule has 6 heteroatoms. The van der Waals surface area contributed by atoms with Gasteiger partial charge in [0.25, 0.3) is 0 Å². The third-order valence-electron chi connectivity index (χ3n) is 3.85. The van der Waals surface area contributed by atoms with Gasteiger partial charge in [0.1, 0.15) is 5.82 Å². The number of aromatic nitrogens is 3. The van der Waals surface area contributed by atoms with Gasteiger partial charge in [0, 0.05) is 6.42 Å². The van der Waals surface area contributed by atoms with E-state index in [4.69, 9.17) is 0 Å². The molecule has 1 amide bonds. The largest absolute Gasteiger partial charge is 0.306 e. The van der Waals surface area contributed by atoms with Gasteiger partial charge < -0.3 is 5.32 Å². The molecule has 2 N–H and O–H groups in total. The molecule has 0 bridgehead atoms. The van der Waals surface area contributed by atoms with Crippen LogP contribution in [0.1, 0.15) is 32.0 Å². The monoisotopic (exact) mass is 299 g/mol. The van der Waals surface area contributed by atoms with Crippen LogP contribution in [-0.4, -0.2) is 33.3 Å². The third kappa shape index (κ3) is 3.17. The number of nitrogens with zero attached hydrogens (tertiary/aromatic N) is 3. The Balaban J connectivity index is 1.77. The van der Waals surface area contributed by atoms with E-state index in [0.29, 0.717) is 5.95 Å². The standard InChI is InChI=1S/C16H21N5O/c1-2-14-18-16(19-15(22)13-10-6-7-11-17-13)20-21(14)12-8-4-3-5-9-12/h3-5,8-9,13,17H,2,6-7,10-11H2,1H3,(H,19,20,22)/t13-/m0/s1. The molecule has 1 aromatic heterocycles. The number of hydrogen-bond donors (Lipinski definition) is 2. The van der Waals surface area contributed by atoms with Gasteiger partial charge in [0.05, 0.1) is 11.7 Å². The quantitative estimate of drug-likeness (QED) is 0.904. The van der Waals surface area contributed by atoms with Crippen LogP contribution in [0.4, 0.5) is 5.95 Å². The van der Waals surface area contributed by atoms with E-state index in [2.05, 4.69) is 20.7 Å². The van der Waals surface area contributed by atoms with Crippen molar-refractivity contribution in [3.8, 4) is 5.69 Å². The SMILES string of the molecule is CCc1nc(NC(=O)[C@@H]2CCCCN2)nn1-c1ccccc1. The number of amides is 1. The summed E-state index contributed by atoms with van der Waals surface area (Å²) >= 11 is 0. The maximum absolute atomic E-state index is 12.3. The van der Waals surface area contributed by atoms with Gasteiger partial charge >= 0.3 is 0 Å². The lowest BCUT2D eigenvalue weighted by Gasteiger charge is -2.21. The maximum Gasteiger partial charge on any atom is 0.249 e. The van der Waals surface area contributed by atoms with Crippen molar-refractivity contribution in [2.24, 2.45) is 0 Å². The first-order valence-corrected chi connectivity index (χ1v) is 7.83. The molecule has 1 aliphatic heterocycles. The van der Waals surface area contributed by atoms with Crippen molar-refractivity contribution in [3.63, 3.8) is 0 Å². The molecule has 1 saturated heterocycles. The zero-order chi connectivity index (χ0) is 15.4. The number of benzene rings is 1. The number of carbonyl (C=O) groups excluding carboxylic acids is 1. The van der Waals surface area contributed by atoms with Crippen molar-refractivity contribution >= 4 is 11.9 Å². The second kappa shape index (κ2) is 6.70. The lowest BCUT2D eigenvalue weighted by Crippen LogP contribution is -2.43. The van der Waals surface area contributed by atoms with Crippen molar-refractivity contribution in [1.29, 1.82) is 0 Å². The van der Waals surface area contributed by atoms with Gasteiger partial charge in [-0.25, -0.2) is 4.68 Å². The Labute approximate surface area is 129 Å². The molecule has 1 aliphatic rings. The number of para-hydroxylation sites is 1. The first-order chi connectivity index (χ1) is 10.8. The fourth-order valence-electron chi connectivity index (χ4n) is 2.68. The molecule has 116 valence electrons. The number of rotatable bonds is 4. The molecule has 0 radical (unpaired) electrons. The molecule has 22 heavy (non-hydrogen) atoms. The van der Waals surface area contributed by atoms with Crippen LogP contribution in [0.2, 0.25) is 0 Å². The van der Waals surface area contributed by atoms with Crippen molar-refractivity contribution in [3.05, 3.63) is 36.2 Å². The highest BCUT2D eigenvalue weighted by Crippen LogP contribution is 2.14. The molecule has 1 atom stereocenters. The summed E-state index contributed by atoms with van der Waals surface area (Å²) in [4.78, 5) is 16.7. The zero-order valence-corrected chi connectivity index (χ0v) is 12.7. The lowest BCUT2D eigenvalue weighted by atomic mass is 10.0. The van der Waals surface area contributed by atoms with E-state index in [0.717, 1.165) is 43.7 Å². The Hall–Kier alpha value is -2.21. The van der Waals surface area contributed by atoms with Crippen LogP contribution in [0.3, 0.4) is 0 Å². The van der Waals surface area contributed by atoms with Crippen molar-refractivity contribution in [1.82, 2.24) is 20.1 Å². The van der Waals surface area contributed by atoms with E-state index in [9.17, 15) is 4.79 Å². The summed E-state index contributed by atoms with van der Waals surface area (Å²) in [6.07, 6.45) is 3.83. The molecule has 2 aromatic rings. The average molecular weight is 299 g/mol. The first kappa shape index (κ1) is 14.7. The minimum atomic E-state index is -0.137. The summed E-state index contributed by atoms with van der Waals surface area (Å²) in [6, 6.07) is 9.69. The Morgan fingerprint density at radius 1 is 1.36 bits per heavy atom. The molecule has 3 rings (SSSR count). The van der Waals surface area contributed by atoms with Gasteiger partial charge in [0.15, 0.2) is 0 Å². The van der Waals surface area contributed by atoms with Crippen LogP contribution in [0.5, 0.6) is 0 Å². The predicted octanol–water partition coefficient (Wildman–Crippen LogP) is 1.91. The molecule has 6 nitrogen and oxygen atoms in total. The highest BCUT2D eigenvalue weighted by Gasteiger charge is 2.22. The van der Waals surface area contributed by atoms with Crippen molar-refractivity contribution in [2.75, 3.05) is 11.9 Å². The second-order valence-corrected chi connectivity index (χ2v) is 5.44. The molecule has 2 heterocycles. The summed E-state index contributed by atoms with van der Waals surface area (Å²) in [5, 5.41) is 10.5. The van der Waals surface area contributed by atoms with Gasteiger partial charge in [-0.2, -0.15) is 4.98 Å². The molecule has 1 fully saturated rings. The summed E-state index contributed by atoms with van der Waals surface area (Å²) in [5.41, 5.74) is 0.947. The molecule has 0 spiro atoms. The Morgan fingerprint density at radius 2 is 2.18 bits per heavy atom. The number of piperidine rings is 1. The predicted molar refractivity (Wildman–Crippen MR) is 85.0 cm³/mol. The smallest absolute Gasteiger partial charge is 0.249 e. The van der Waals surface area contributed by atoms with E-state index in [1.54, 1.807) is 4.68 Å². The molecule has 0 aliphatic carbocycles. The van der Waals surface area contributed by atoms with Gasteiger partial charge in [-0.3, -0.25) is 10.1 Å². The Kier molecular flexibility index (Phi) is 4.48. The fraction of sp³-hybridized carbons (Fsp3) is 0.438. The number of aryl methyl sites for hydroxylation is 1. The van der Waals surface area contributed by atoms with Crippen LogP contribution in [0, 0.1) is 0 Å². The maximum atomic E-state index is 12.3. The van der Waals surface area contributed by atoms with Crippen molar-refractivity contribution in [2.45, 2.75) is 38.6 Å². The van der Waals surface area contributed by atoms with E-state index < -0.39 is 0 Å². The van der Waals surface area contributed by atoms with E-state index in [-0.39, 0.29) is 11.9 Å². The Morgan fingerprint density at radius 3 is 2.86 bits per heavy atom. The third-order valence-corrected chi connectivity index (χ3v) is 3.85. The average Bonchev–Trinajstić information content (AvgIpc) is 2.99. The number of nitrogens with one attached hydrogen (secondary N) is 2. The van der Waals surface area contributed by atoms with Crippen LogP contribution >= 0.6 is 0 Å². The molecular weight excluding hydrogens is 278 g/mol. The van der Waals surface area contributed by atoms with E-state index in [1.165, 1.54) is 0 Å². The molecule has 1 aromatic carbocycles. The minimum Gasteiger partial charge on any atom is -0.306 e. The highest BCUT2D eigenvalue weighted by molar-refractivity contribution is 5.93. The second-order valence-electron chi connectivity index (χ2n) is 5.44. The fourth-order valence-corrected chi connectivity index (χ4v) is 2.68. The van der Waals surface area contributed by atoms with Crippen LogP contribution in [0.25, 0.3) is 5.69 Å². The summed E-state index contributed by atoms with van der Waals surface area (Å²) < 4.78 is 1.78. The summed E-state index contributed by atoms with van der Waals surface area (Å²) in [6.45, 7) is 2.92. The molecule has 0 unspecified atom stereocenters. The summed E-state index contributed by atoms with van der Waals surface area (Å²) in [5.74, 6) is 1.16. The molecule has 0 saturated carbocycles. The van der Waals surface area contributed by atoms with Gasteiger partial charge in [-0.05, 0) is 31.5 Å². The van der Waals surface area contributed by atoms with Crippen molar-refractivity contribution < 1.29 is 4.79 Å². The summed E-state index contributed by atoms with van der Waals surface area (Å²) in [7, 11) is 0. The number of carbonyl (C=O) groups is 1. The van der Waals surface area contributed by atoms with E-state index >= 15 is 0 Å². The van der Waals surface area contributed by atoms with Gasteiger partial charge in [0.2, 0.25) is 11.9 Å². The first-order valence-electron chi connectivity index (χ1n) is 7.83. The molecular formula is C16H21N5O. The van der Waals surface area contributed by atoms with Crippen LogP contribution < -0.4 is 10.6 Å². The van der Waals surface area contributed by atoms with Gasteiger partial charge in [-0.1, -0.05) is 31.5 Å². The zero-order valence-electron chi connectivity index (χ0n) is 12.7. The number of hydrogen-bond acceptors (Lipinski definition) is 4. The normalized spacial score (nSPS) is 18.1.